The molecule has 3 nitrogen and oxygen atoms in total. The quantitative estimate of drug-likeness (QED) is 0.833. The summed E-state index contributed by atoms with van der Waals surface area (Å²) in [7, 11) is 0. The Kier molecular flexibility index (Phi) is 4.04. The van der Waals surface area contributed by atoms with Crippen molar-refractivity contribution in [1.82, 2.24) is 0 Å². The second-order valence-electron chi connectivity index (χ2n) is 3.98. The highest BCUT2D eigenvalue weighted by Crippen LogP contribution is 2.14. The fourth-order valence-electron chi connectivity index (χ4n) is 1.71. The molecule has 2 rings (SSSR count). The van der Waals surface area contributed by atoms with Crippen LogP contribution in [0.3, 0.4) is 0 Å². The Balaban J connectivity index is 2.00. The molecule has 0 radical (unpaired) electrons. The molecule has 5 heteroatoms. The van der Waals surface area contributed by atoms with E-state index in [4.69, 9.17) is 27.4 Å². The first-order chi connectivity index (χ1) is 8.16. The average molecular weight is 255 g/mol. The van der Waals surface area contributed by atoms with Crippen LogP contribution in [-0.4, -0.2) is 24.3 Å². The summed E-state index contributed by atoms with van der Waals surface area (Å²) >= 11 is 4.78. The molecule has 1 fully saturated rings. The maximum atomic E-state index is 13.3. The molecule has 1 saturated heterocycles. The largest absolute Gasteiger partial charge is 0.389 e. The number of benzene rings is 1. The van der Waals surface area contributed by atoms with Crippen molar-refractivity contribution in [3.05, 3.63) is 35.1 Å². The van der Waals surface area contributed by atoms with Crippen molar-refractivity contribution >= 4 is 17.2 Å². The zero-order valence-electron chi connectivity index (χ0n) is 9.32. The molecular formula is C12H14FNO2S. The minimum atomic E-state index is -0.398. The van der Waals surface area contributed by atoms with Crippen LogP contribution < -0.4 is 5.73 Å². The van der Waals surface area contributed by atoms with Crippen molar-refractivity contribution in [3.63, 3.8) is 0 Å². The van der Waals surface area contributed by atoms with Gasteiger partial charge in [0.25, 0.3) is 0 Å². The van der Waals surface area contributed by atoms with Crippen LogP contribution in [0.1, 0.15) is 17.5 Å². The van der Waals surface area contributed by atoms with E-state index >= 15 is 0 Å². The minimum absolute atomic E-state index is 0.0635. The highest BCUT2D eigenvalue weighted by molar-refractivity contribution is 7.80. The monoisotopic (exact) mass is 255 g/mol. The smallest absolute Gasteiger partial charge is 0.133 e. The molecule has 17 heavy (non-hydrogen) atoms. The van der Waals surface area contributed by atoms with E-state index in [1.54, 1.807) is 12.1 Å². The van der Waals surface area contributed by atoms with E-state index in [0.717, 1.165) is 18.6 Å². The first-order valence-corrected chi connectivity index (χ1v) is 5.85. The lowest BCUT2D eigenvalue weighted by Gasteiger charge is -2.10. The first kappa shape index (κ1) is 12.4. The Morgan fingerprint density at radius 2 is 2.41 bits per heavy atom. The van der Waals surface area contributed by atoms with Crippen LogP contribution in [0.4, 0.5) is 4.39 Å². The molecule has 0 bridgehead atoms. The fourth-order valence-corrected chi connectivity index (χ4v) is 1.87. The maximum Gasteiger partial charge on any atom is 0.133 e. The van der Waals surface area contributed by atoms with Crippen molar-refractivity contribution in [2.75, 3.05) is 13.2 Å². The minimum Gasteiger partial charge on any atom is -0.389 e. The third-order valence-electron chi connectivity index (χ3n) is 2.67. The summed E-state index contributed by atoms with van der Waals surface area (Å²) < 4.78 is 24.2. The molecule has 0 aliphatic carbocycles. The van der Waals surface area contributed by atoms with E-state index in [1.807, 2.05) is 0 Å². The predicted octanol–water partition coefficient (Wildman–Crippen LogP) is 1.77. The summed E-state index contributed by atoms with van der Waals surface area (Å²) in [4.78, 5) is 0.0635. The number of ether oxygens (including phenoxy) is 2. The molecule has 1 atom stereocenters. The number of thiocarbonyl (C=S) groups is 1. The van der Waals surface area contributed by atoms with Gasteiger partial charge >= 0.3 is 0 Å². The topological polar surface area (TPSA) is 44.5 Å². The summed E-state index contributed by atoms with van der Waals surface area (Å²) in [6, 6.07) is 4.67. The van der Waals surface area contributed by atoms with Gasteiger partial charge in [0.1, 0.15) is 10.8 Å². The number of hydrogen-bond donors (Lipinski definition) is 1. The normalized spacial score (nSPS) is 19.5. The van der Waals surface area contributed by atoms with E-state index in [1.165, 1.54) is 6.07 Å². The number of hydrogen-bond acceptors (Lipinski definition) is 3. The maximum absolute atomic E-state index is 13.3. The van der Waals surface area contributed by atoms with E-state index in [-0.39, 0.29) is 16.7 Å². The summed E-state index contributed by atoms with van der Waals surface area (Å²) in [5.41, 5.74) is 6.56. The molecule has 1 unspecified atom stereocenters. The predicted molar refractivity (Wildman–Crippen MR) is 66.3 cm³/mol. The lowest BCUT2D eigenvalue weighted by atomic mass is 10.1. The van der Waals surface area contributed by atoms with Crippen LogP contribution in [-0.2, 0) is 16.1 Å². The molecule has 2 N–H and O–H groups in total. The van der Waals surface area contributed by atoms with Gasteiger partial charge in [-0.1, -0.05) is 18.3 Å². The first-order valence-electron chi connectivity index (χ1n) is 5.44. The third-order valence-corrected chi connectivity index (χ3v) is 2.89. The third kappa shape index (κ3) is 3.21. The fraction of sp³-hybridized carbons (Fsp3) is 0.417. The molecule has 1 aromatic carbocycles. The van der Waals surface area contributed by atoms with E-state index in [9.17, 15) is 4.39 Å². The summed E-state index contributed by atoms with van der Waals surface area (Å²) in [6.45, 7) is 1.79. The Hall–Kier alpha value is -1.04. The van der Waals surface area contributed by atoms with Crippen LogP contribution in [0.2, 0.25) is 0 Å². The number of rotatable bonds is 4. The van der Waals surface area contributed by atoms with Crippen molar-refractivity contribution in [2.24, 2.45) is 5.73 Å². The van der Waals surface area contributed by atoms with Crippen LogP contribution in [0.5, 0.6) is 0 Å². The van der Waals surface area contributed by atoms with Crippen LogP contribution in [0.15, 0.2) is 18.2 Å². The zero-order chi connectivity index (χ0) is 12.3. The van der Waals surface area contributed by atoms with Gasteiger partial charge in [0.05, 0.1) is 19.3 Å². The van der Waals surface area contributed by atoms with Crippen LogP contribution in [0, 0.1) is 5.82 Å². The van der Waals surface area contributed by atoms with Gasteiger partial charge in [0.2, 0.25) is 0 Å². The molecule has 1 aliphatic rings. The van der Waals surface area contributed by atoms with Crippen molar-refractivity contribution in [3.8, 4) is 0 Å². The van der Waals surface area contributed by atoms with Crippen LogP contribution >= 0.6 is 12.2 Å². The molecule has 1 heterocycles. The second kappa shape index (κ2) is 5.53. The molecule has 1 aliphatic heterocycles. The van der Waals surface area contributed by atoms with E-state index < -0.39 is 5.82 Å². The molecule has 92 valence electrons. The lowest BCUT2D eigenvalue weighted by Crippen LogP contribution is -2.14. The Labute approximate surface area is 105 Å². The molecule has 0 saturated carbocycles. The number of nitrogens with two attached hydrogens (primary N) is 1. The van der Waals surface area contributed by atoms with Gasteiger partial charge in [-0.15, -0.1) is 0 Å². The Morgan fingerprint density at radius 3 is 3.06 bits per heavy atom. The van der Waals surface area contributed by atoms with Gasteiger partial charge in [0.15, 0.2) is 0 Å². The molecule has 1 aromatic rings. The second-order valence-corrected chi connectivity index (χ2v) is 4.41. The summed E-state index contributed by atoms with van der Waals surface area (Å²) in [5, 5.41) is 0. The van der Waals surface area contributed by atoms with Gasteiger partial charge in [-0.25, -0.2) is 4.39 Å². The van der Waals surface area contributed by atoms with Gasteiger partial charge in [0, 0.05) is 12.2 Å². The van der Waals surface area contributed by atoms with Crippen molar-refractivity contribution in [1.29, 1.82) is 0 Å². The molecule has 0 aromatic heterocycles. The van der Waals surface area contributed by atoms with Gasteiger partial charge in [-0.3, -0.25) is 0 Å². The highest BCUT2D eigenvalue weighted by Gasteiger charge is 2.16. The Morgan fingerprint density at radius 1 is 1.59 bits per heavy atom. The highest BCUT2D eigenvalue weighted by atomic mass is 32.1. The standard InChI is InChI=1S/C12H14FNO2S/c13-11-2-1-8(5-10(11)12(14)17)6-16-9-3-4-15-7-9/h1-2,5,9H,3-4,6-7H2,(H2,14,17). The van der Waals surface area contributed by atoms with Gasteiger partial charge < -0.3 is 15.2 Å². The van der Waals surface area contributed by atoms with Gasteiger partial charge in [-0.2, -0.15) is 0 Å². The summed E-state index contributed by atoms with van der Waals surface area (Å²) in [6.07, 6.45) is 1.04. The van der Waals surface area contributed by atoms with Gasteiger partial charge in [-0.05, 0) is 24.1 Å². The molecule has 0 amide bonds. The molecular weight excluding hydrogens is 241 g/mol. The summed E-state index contributed by atoms with van der Waals surface area (Å²) in [5.74, 6) is -0.398. The van der Waals surface area contributed by atoms with E-state index in [0.29, 0.717) is 13.2 Å². The van der Waals surface area contributed by atoms with Crippen LogP contribution in [0.25, 0.3) is 0 Å². The average Bonchev–Trinajstić information content (AvgIpc) is 2.80. The molecule has 0 spiro atoms. The Bertz CT molecular complexity index is 419. The van der Waals surface area contributed by atoms with Crippen molar-refractivity contribution < 1.29 is 13.9 Å². The van der Waals surface area contributed by atoms with Crippen molar-refractivity contribution in [2.45, 2.75) is 19.1 Å². The van der Waals surface area contributed by atoms with E-state index in [2.05, 4.69) is 0 Å². The zero-order valence-corrected chi connectivity index (χ0v) is 10.1. The lowest BCUT2D eigenvalue weighted by molar-refractivity contribution is 0.0317. The number of halogens is 1. The SMILES string of the molecule is NC(=S)c1cc(COC2CCOC2)ccc1F.